The highest BCUT2D eigenvalue weighted by Crippen LogP contribution is 2.42. The number of methoxy groups -OCH3 is 2. The Balaban J connectivity index is 2.30. The third-order valence-electron chi connectivity index (χ3n) is 4.59. The molecule has 1 saturated carbocycles. The van der Waals surface area contributed by atoms with Gasteiger partial charge in [-0.05, 0) is 55.8 Å². The summed E-state index contributed by atoms with van der Waals surface area (Å²) in [7, 11) is 3.47. The van der Waals surface area contributed by atoms with Gasteiger partial charge in [0.2, 0.25) is 0 Å². The zero-order chi connectivity index (χ0) is 15.2. The Kier molecular flexibility index (Phi) is 5.92. The predicted octanol–water partition coefficient (Wildman–Crippen LogP) is 4.18. The van der Waals surface area contributed by atoms with Gasteiger partial charge in [0.05, 0.1) is 14.2 Å². The monoisotopic (exact) mass is 291 g/mol. The molecule has 3 unspecified atom stereocenters. The highest BCUT2D eigenvalue weighted by molar-refractivity contribution is 5.42. The standard InChI is InChI=1S/C18H29NO2/c1-5-10-19-18(14-7-6-13(2)11-14)16-12-15(20-3)8-9-17(16)21-4/h8-9,12-14,18-19H,5-7,10-11H2,1-4H3. The van der Waals surface area contributed by atoms with Crippen molar-refractivity contribution in [3.05, 3.63) is 23.8 Å². The molecule has 2 rings (SSSR count). The summed E-state index contributed by atoms with van der Waals surface area (Å²) >= 11 is 0. The number of hydrogen-bond donors (Lipinski definition) is 1. The van der Waals surface area contributed by atoms with E-state index in [2.05, 4.69) is 25.2 Å². The number of nitrogens with one attached hydrogen (secondary N) is 1. The van der Waals surface area contributed by atoms with Gasteiger partial charge in [-0.3, -0.25) is 0 Å². The summed E-state index contributed by atoms with van der Waals surface area (Å²) in [5.74, 6) is 3.38. The second kappa shape index (κ2) is 7.69. The molecule has 0 aliphatic heterocycles. The fourth-order valence-corrected chi connectivity index (χ4v) is 3.47. The van der Waals surface area contributed by atoms with Crippen LogP contribution in [0.5, 0.6) is 11.5 Å². The van der Waals surface area contributed by atoms with Crippen molar-refractivity contribution in [2.45, 2.75) is 45.6 Å². The smallest absolute Gasteiger partial charge is 0.123 e. The van der Waals surface area contributed by atoms with Gasteiger partial charge in [0.15, 0.2) is 0 Å². The van der Waals surface area contributed by atoms with Gasteiger partial charge >= 0.3 is 0 Å². The Hall–Kier alpha value is -1.22. The highest BCUT2D eigenvalue weighted by atomic mass is 16.5. The molecule has 0 heterocycles. The van der Waals surface area contributed by atoms with E-state index in [-0.39, 0.29) is 0 Å². The Morgan fingerprint density at radius 1 is 1.24 bits per heavy atom. The molecule has 0 radical (unpaired) electrons. The molecule has 1 N–H and O–H groups in total. The molecular weight excluding hydrogens is 262 g/mol. The van der Waals surface area contributed by atoms with Crippen LogP contribution in [-0.4, -0.2) is 20.8 Å². The fourth-order valence-electron chi connectivity index (χ4n) is 3.47. The van der Waals surface area contributed by atoms with E-state index < -0.39 is 0 Å². The summed E-state index contributed by atoms with van der Waals surface area (Å²) in [4.78, 5) is 0. The third-order valence-corrected chi connectivity index (χ3v) is 4.59. The Labute approximate surface area is 129 Å². The van der Waals surface area contributed by atoms with Gasteiger partial charge in [-0.25, -0.2) is 0 Å². The molecule has 1 aromatic carbocycles. The molecule has 0 amide bonds. The van der Waals surface area contributed by atoms with Crippen LogP contribution < -0.4 is 14.8 Å². The van der Waals surface area contributed by atoms with Crippen LogP contribution in [0.2, 0.25) is 0 Å². The first-order valence-corrected chi connectivity index (χ1v) is 8.14. The van der Waals surface area contributed by atoms with Gasteiger partial charge in [0.1, 0.15) is 11.5 Å². The lowest BCUT2D eigenvalue weighted by molar-refractivity contribution is 0.336. The maximum atomic E-state index is 5.60. The molecule has 1 aliphatic carbocycles. The average molecular weight is 291 g/mol. The number of ether oxygens (including phenoxy) is 2. The minimum Gasteiger partial charge on any atom is -0.497 e. The molecule has 0 spiro atoms. The van der Waals surface area contributed by atoms with E-state index in [1.165, 1.54) is 24.8 Å². The lowest BCUT2D eigenvalue weighted by atomic mass is 9.90. The maximum Gasteiger partial charge on any atom is 0.123 e. The minimum atomic E-state index is 0.361. The lowest BCUT2D eigenvalue weighted by Crippen LogP contribution is -2.28. The van der Waals surface area contributed by atoms with Crippen LogP contribution in [0.25, 0.3) is 0 Å². The van der Waals surface area contributed by atoms with Crippen molar-refractivity contribution in [3.63, 3.8) is 0 Å². The van der Waals surface area contributed by atoms with Crippen LogP contribution >= 0.6 is 0 Å². The summed E-state index contributed by atoms with van der Waals surface area (Å²) in [5.41, 5.74) is 1.24. The van der Waals surface area contributed by atoms with Gasteiger partial charge in [-0.2, -0.15) is 0 Å². The van der Waals surface area contributed by atoms with Crippen LogP contribution in [0.15, 0.2) is 18.2 Å². The molecule has 0 bridgehead atoms. The molecular formula is C18H29NO2. The summed E-state index contributed by atoms with van der Waals surface area (Å²) < 4.78 is 11.0. The van der Waals surface area contributed by atoms with E-state index in [1.807, 2.05) is 12.1 Å². The molecule has 1 aromatic rings. The average Bonchev–Trinajstić information content (AvgIpc) is 2.93. The SMILES string of the molecule is CCCNC(c1cc(OC)ccc1OC)C1CCC(C)C1. The van der Waals surface area contributed by atoms with Crippen molar-refractivity contribution in [1.29, 1.82) is 0 Å². The highest BCUT2D eigenvalue weighted by Gasteiger charge is 2.31. The predicted molar refractivity (Wildman–Crippen MR) is 87.1 cm³/mol. The topological polar surface area (TPSA) is 30.5 Å². The van der Waals surface area contributed by atoms with Crippen LogP contribution in [0.4, 0.5) is 0 Å². The van der Waals surface area contributed by atoms with E-state index in [0.29, 0.717) is 12.0 Å². The summed E-state index contributed by atoms with van der Waals surface area (Å²) in [6.07, 6.45) is 5.07. The van der Waals surface area contributed by atoms with Crippen molar-refractivity contribution >= 4 is 0 Å². The van der Waals surface area contributed by atoms with E-state index in [0.717, 1.165) is 30.4 Å². The van der Waals surface area contributed by atoms with Crippen LogP contribution in [0.1, 0.15) is 51.1 Å². The molecule has 3 heteroatoms. The molecule has 118 valence electrons. The normalized spacial score (nSPS) is 23.0. The van der Waals surface area contributed by atoms with Crippen molar-refractivity contribution in [2.24, 2.45) is 11.8 Å². The first-order chi connectivity index (χ1) is 10.2. The van der Waals surface area contributed by atoms with E-state index in [1.54, 1.807) is 14.2 Å². The zero-order valence-electron chi connectivity index (χ0n) is 13.8. The van der Waals surface area contributed by atoms with Crippen molar-refractivity contribution in [2.75, 3.05) is 20.8 Å². The first kappa shape index (κ1) is 16.2. The molecule has 0 aromatic heterocycles. The van der Waals surface area contributed by atoms with Gasteiger partial charge in [-0.1, -0.05) is 20.3 Å². The Morgan fingerprint density at radius 2 is 2.05 bits per heavy atom. The van der Waals surface area contributed by atoms with E-state index >= 15 is 0 Å². The van der Waals surface area contributed by atoms with Gasteiger partial charge < -0.3 is 14.8 Å². The largest absolute Gasteiger partial charge is 0.497 e. The second-order valence-electron chi connectivity index (χ2n) is 6.22. The van der Waals surface area contributed by atoms with Crippen molar-refractivity contribution in [1.82, 2.24) is 5.32 Å². The molecule has 1 aliphatic rings. The summed E-state index contributed by atoms with van der Waals surface area (Å²) in [5, 5.41) is 3.74. The molecule has 1 fully saturated rings. The third kappa shape index (κ3) is 3.91. The Morgan fingerprint density at radius 3 is 2.62 bits per heavy atom. The summed E-state index contributed by atoms with van der Waals surface area (Å²) in [6.45, 7) is 5.61. The van der Waals surface area contributed by atoms with Crippen molar-refractivity contribution in [3.8, 4) is 11.5 Å². The first-order valence-electron chi connectivity index (χ1n) is 8.14. The van der Waals surface area contributed by atoms with Crippen LogP contribution in [0, 0.1) is 11.8 Å². The number of rotatable bonds is 7. The minimum absolute atomic E-state index is 0.361. The zero-order valence-corrected chi connectivity index (χ0v) is 13.8. The quantitative estimate of drug-likeness (QED) is 0.817. The van der Waals surface area contributed by atoms with E-state index in [4.69, 9.17) is 9.47 Å². The van der Waals surface area contributed by atoms with E-state index in [9.17, 15) is 0 Å². The van der Waals surface area contributed by atoms with Gasteiger partial charge in [0.25, 0.3) is 0 Å². The van der Waals surface area contributed by atoms with Crippen LogP contribution in [-0.2, 0) is 0 Å². The van der Waals surface area contributed by atoms with Crippen molar-refractivity contribution < 1.29 is 9.47 Å². The second-order valence-corrected chi connectivity index (χ2v) is 6.22. The lowest BCUT2D eigenvalue weighted by Gasteiger charge is -2.27. The molecule has 3 nitrogen and oxygen atoms in total. The van der Waals surface area contributed by atoms with Gasteiger partial charge in [-0.15, -0.1) is 0 Å². The number of benzene rings is 1. The summed E-state index contributed by atoms with van der Waals surface area (Å²) in [6, 6.07) is 6.48. The maximum absolute atomic E-state index is 5.60. The Bertz CT molecular complexity index is 447. The van der Waals surface area contributed by atoms with Crippen LogP contribution in [0.3, 0.4) is 0 Å². The molecule has 21 heavy (non-hydrogen) atoms. The number of hydrogen-bond acceptors (Lipinski definition) is 3. The van der Waals surface area contributed by atoms with Gasteiger partial charge in [0, 0.05) is 11.6 Å². The fraction of sp³-hybridized carbons (Fsp3) is 0.667. The molecule has 3 atom stereocenters. The molecule has 0 saturated heterocycles.